The average Bonchev–Trinajstić information content (AvgIpc) is 3.01. The van der Waals surface area contributed by atoms with Gasteiger partial charge in [-0.3, -0.25) is 9.59 Å². The fourth-order valence-corrected chi connectivity index (χ4v) is 2.77. The molecule has 2 heterocycles. The third-order valence-electron chi connectivity index (χ3n) is 4.17. The van der Waals surface area contributed by atoms with Gasteiger partial charge in [0.2, 0.25) is 11.8 Å². The van der Waals surface area contributed by atoms with Crippen LogP contribution in [0.4, 0.5) is 0 Å². The predicted octanol–water partition coefficient (Wildman–Crippen LogP) is 1.95. The molecule has 3 rings (SSSR count). The van der Waals surface area contributed by atoms with E-state index in [2.05, 4.69) is 12.1 Å². The van der Waals surface area contributed by atoms with Gasteiger partial charge in [0.05, 0.1) is 0 Å². The van der Waals surface area contributed by atoms with Gasteiger partial charge in [-0.15, -0.1) is 0 Å². The number of amides is 2. The summed E-state index contributed by atoms with van der Waals surface area (Å²) in [6, 6.07) is 10.2. The van der Waals surface area contributed by atoms with Crippen LogP contribution in [0.2, 0.25) is 0 Å². The molecule has 1 aromatic carbocycles. The molecule has 1 aromatic rings. The van der Waals surface area contributed by atoms with Crippen LogP contribution < -0.4 is 0 Å². The highest BCUT2D eigenvalue weighted by atomic mass is 16.2. The van der Waals surface area contributed by atoms with Gasteiger partial charge in [0.15, 0.2) is 0 Å². The van der Waals surface area contributed by atoms with Crippen LogP contribution >= 0.6 is 0 Å². The van der Waals surface area contributed by atoms with E-state index in [4.69, 9.17) is 0 Å². The maximum atomic E-state index is 11.6. The first-order valence-corrected chi connectivity index (χ1v) is 7.61. The summed E-state index contributed by atoms with van der Waals surface area (Å²) in [6.45, 7) is 1.87. The summed E-state index contributed by atoms with van der Waals surface area (Å²) in [7, 11) is 3.72. The number of carbonyl (C=O) groups is 2. The van der Waals surface area contributed by atoms with Gasteiger partial charge in [-0.05, 0) is 24.8 Å². The van der Waals surface area contributed by atoms with E-state index in [1.54, 1.807) is 4.90 Å². The van der Waals surface area contributed by atoms with Gasteiger partial charge in [-0.2, -0.15) is 0 Å². The summed E-state index contributed by atoms with van der Waals surface area (Å²) in [6.07, 6.45) is 3.71. The number of hydrogen-bond acceptors (Lipinski definition) is 2. The number of hydrogen-bond donors (Lipinski definition) is 0. The Morgan fingerprint density at radius 1 is 1.05 bits per heavy atom. The third-order valence-corrected chi connectivity index (χ3v) is 4.17. The van der Waals surface area contributed by atoms with Crippen molar-refractivity contribution in [3.05, 3.63) is 35.9 Å². The number of nitrogens with zero attached hydrogens (tertiary/aromatic N) is 2. The molecule has 1 unspecified atom stereocenters. The lowest BCUT2D eigenvalue weighted by Crippen LogP contribution is -2.23. The Bertz CT molecular complexity index is 487. The molecule has 2 aliphatic heterocycles. The van der Waals surface area contributed by atoms with Gasteiger partial charge < -0.3 is 9.80 Å². The predicted molar refractivity (Wildman–Crippen MR) is 82.8 cm³/mol. The molecule has 21 heavy (non-hydrogen) atoms. The molecular formula is C17H24N2O2. The van der Waals surface area contributed by atoms with Gasteiger partial charge in [-0.25, -0.2) is 0 Å². The SMILES string of the molecule is CN1CCC(Cc2ccccc2)C1=O.CN1CCCC1=O. The lowest BCUT2D eigenvalue weighted by atomic mass is 9.98. The van der Waals surface area contributed by atoms with Crippen LogP contribution in [0.3, 0.4) is 0 Å². The average molecular weight is 288 g/mol. The van der Waals surface area contributed by atoms with E-state index in [9.17, 15) is 9.59 Å². The van der Waals surface area contributed by atoms with Crippen LogP contribution in [0.1, 0.15) is 24.8 Å². The van der Waals surface area contributed by atoms with E-state index < -0.39 is 0 Å². The first-order chi connectivity index (χ1) is 10.1. The molecule has 2 aliphatic rings. The number of rotatable bonds is 2. The molecule has 0 radical (unpaired) electrons. The van der Waals surface area contributed by atoms with Crippen molar-refractivity contribution < 1.29 is 9.59 Å². The molecule has 2 amide bonds. The second kappa shape index (κ2) is 7.25. The van der Waals surface area contributed by atoms with E-state index in [-0.39, 0.29) is 5.92 Å². The van der Waals surface area contributed by atoms with Gasteiger partial charge in [0.25, 0.3) is 0 Å². The first-order valence-electron chi connectivity index (χ1n) is 7.61. The Kier molecular flexibility index (Phi) is 5.37. The molecule has 0 aromatic heterocycles. The van der Waals surface area contributed by atoms with Crippen LogP contribution in [0.5, 0.6) is 0 Å². The zero-order valence-corrected chi connectivity index (χ0v) is 12.9. The van der Waals surface area contributed by atoms with E-state index in [1.807, 2.05) is 37.2 Å². The van der Waals surface area contributed by atoms with E-state index in [0.29, 0.717) is 11.8 Å². The van der Waals surface area contributed by atoms with Crippen LogP contribution in [0, 0.1) is 5.92 Å². The fourth-order valence-electron chi connectivity index (χ4n) is 2.77. The summed E-state index contributed by atoms with van der Waals surface area (Å²) in [5.41, 5.74) is 1.26. The molecule has 0 N–H and O–H groups in total. The zero-order chi connectivity index (χ0) is 15.2. The Labute approximate surface area is 126 Å². The molecule has 1 atom stereocenters. The third kappa shape index (κ3) is 4.31. The number of likely N-dealkylation sites (tertiary alicyclic amines) is 2. The molecule has 0 aliphatic carbocycles. The van der Waals surface area contributed by atoms with Gasteiger partial charge >= 0.3 is 0 Å². The minimum atomic E-state index is 0.211. The van der Waals surface area contributed by atoms with Crippen molar-refractivity contribution in [3.63, 3.8) is 0 Å². The Hall–Kier alpha value is -1.84. The highest BCUT2D eigenvalue weighted by Gasteiger charge is 2.28. The minimum absolute atomic E-state index is 0.211. The Morgan fingerprint density at radius 3 is 2.19 bits per heavy atom. The van der Waals surface area contributed by atoms with Crippen LogP contribution in [-0.2, 0) is 16.0 Å². The summed E-state index contributed by atoms with van der Waals surface area (Å²) in [5.74, 6) is 0.802. The highest BCUT2D eigenvalue weighted by Crippen LogP contribution is 2.20. The zero-order valence-electron chi connectivity index (χ0n) is 12.9. The van der Waals surface area contributed by atoms with Crippen molar-refractivity contribution >= 4 is 11.8 Å². The smallest absolute Gasteiger partial charge is 0.225 e. The van der Waals surface area contributed by atoms with E-state index in [0.717, 1.165) is 38.8 Å². The van der Waals surface area contributed by atoms with Crippen molar-refractivity contribution in [3.8, 4) is 0 Å². The highest BCUT2D eigenvalue weighted by molar-refractivity contribution is 5.80. The monoisotopic (exact) mass is 288 g/mol. The second-order valence-electron chi connectivity index (χ2n) is 5.85. The van der Waals surface area contributed by atoms with Crippen molar-refractivity contribution in [2.24, 2.45) is 5.92 Å². The maximum Gasteiger partial charge on any atom is 0.225 e. The minimum Gasteiger partial charge on any atom is -0.346 e. The quantitative estimate of drug-likeness (QED) is 0.834. The van der Waals surface area contributed by atoms with Crippen molar-refractivity contribution in [2.75, 3.05) is 27.2 Å². The summed E-state index contributed by atoms with van der Waals surface area (Å²) in [4.78, 5) is 25.7. The van der Waals surface area contributed by atoms with Gasteiger partial charge in [0.1, 0.15) is 0 Å². The molecule has 0 bridgehead atoms. The summed E-state index contributed by atoms with van der Waals surface area (Å²) in [5, 5.41) is 0. The maximum absolute atomic E-state index is 11.6. The summed E-state index contributed by atoms with van der Waals surface area (Å²) < 4.78 is 0. The van der Waals surface area contributed by atoms with Crippen molar-refractivity contribution in [1.82, 2.24) is 9.80 Å². The molecule has 4 nitrogen and oxygen atoms in total. The topological polar surface area (TPSA) is 40.6 Å². The standard InChI is InChI=1S/C12H15NO.C5H9NO/c1-13-8-7-11(12(13)14)9-10-5-3-2-4-6-10;1-6-4-2-3-5(6)7/h2-6,11H,7-9H2,1H3;2-4H2,1H3. The van der Waals surface area contributed by atoms with Crippen molar-refractivity contribution in [1.29, 1.82) is 0 Å². The Morgan fingerprint density at radius 2 is 1.76 bits per heavy atom. The fraction of sp³-hybridized carbons (Fsp3) is 0.529. The van der Waals surface area contributed by atoms with Crippen LogP contribution in [0.15, 0.2) is 30.3 Å². The number of benzene rings is 1. The van der Waals surface area contributed by atoms with Crippen molar-refractivity contribution in [2.45, 2.75) is 25.7 Å². The normalized spacial score (nSPS) is 21.5. The van der Waals surface area contributed by atoms with Gasteiger partial charge in [0, 0.05) is 39.5 Å². The molecule has 114 valence electrons. The van der Waals surface area contributed by atoms with E-state index >= 15 is 0 Å². The molecule has 0 saturated carbocycles. The first kappa shape index (κ1) is 15.5. The molecule has 4 heteroatoms. The number of carbonyl (C=O) groups excluding carboxylic acids is 2. The molecule has 0 spiro atoms. The largest absolute Gasteiger partial charge is 0.346 e. The van der Waals surface area contributed by atoms with Crippen LogP contribution in [0.25, 0.3) is 0 Å². The lowest BCUT2D eigenvalue weighted by Gasteiger charge is -2.09. The Balaban J connectivity index is 0.000000194. The molecular weight excluding hydrogens is 264 g/mol. The summed E-state index contributed by atoms with van der Waals surface area (Å²) >= 11 is 0. The van der Waals surface area contributed by atoms with Gasteiger partial charge in [-0.1, -0.05) is 30.3 Å². The van der Waals surface area contributed by atoms with E-state index in [1.165, 1.54) is 5.56 Å². The molecule has 2 fully saturated rings. The molecule has 2 saturated heterocycles. The lowest BCUT2D eigenvalue weighted by molar-refractivity contribution is -0.129. The van der Waals surface area contributed by atoms with Crippen LogP contribution in [-0.4, -0.2) is 48.8 Å². The second-order valence-corrected chi connectivity index (χ2v) is 5.85.